The van der Waals surface area contributed by atoms with E-state index in [0.29, 0.717) is 36.3 Å². The zero-order valence-electron chi connectivity index (χ0n) is 12.6. The molecule has 1 aliphatic heterocycles. The standard InChI is InChI=1S/C16H23N3O2/c1-11-7-13(8-17)9-19(11)10-16(21)18-15-6-4-3-5-14(15)12(2)20/h3-6,11,13H,7-10,17H2,1-2H3,(H,18,21). The molecule has 5 heteroatoms. The van der Waals surface area contributed by atoms with E-state index in [-0.39, 0.29) is 11.7 Å². The zero-order valence-corrected chi connectivity index (χ0v) is 12.6. The second-order valence-corrected chi connectivity index (χ2v) is 5.77. The number of ketones is 1. The number of carbonyl (C=O) groups excluding carboxylic acids is 2. The van der Waals surface area contributed by atoms with Crippen molar-refractivity contribution in [2.75, 3.05) is 25.0 Å². The molecule has 2 atom stereocenters. The maximum atomic E-state index is 12.2. The largest absolute Gasteiger partial charge is 0.330 e. The molecule has 1 aromatic carbocycles. The van der Waals surface area contributed by atoms with Crippen LogP contribution in [0.4, 0.5) is 5.69 Å². The maximum absolute atomic E-state index is 12.2. The molecule has 3 N–H and O–H groups in total. The third-order valence-electron chi connectivity index (χ3n) is 4.05. The lowest BCUT2D eigenvalue weighted by Gasteiger charge is -2.20. The Hall–Kier alpha value is -1.72. The number of anilines is 1. The van der Waals surface area contributed by atoms with Crippen molar-refractivity contribution in [1.82, 2.24) is 4.90 Å². The molecule has 2 rings (SSSR count). The molecular weight excluding hydrogens is 266 g/mol. The molecule has 1 fully saturated rings. The Balaban J connectivity index is 1.98. The van der Waals surface area contributed by atoms with E-state index in [1.54, 1.807) is 18.2 Å². The van der Waals surface area contributed by atoms with E-state index in [2.05, 4.69) is 17.1 Å². The molecule has 0 aromatic heterocycles. The lowest BCUT2D eigenvalue weighted by atomic mass is 10.1. The molecule has 0 aliphatic carbocycles. The van der Waals surface area contributed by atoms with Crippen LogP contribution in [0.5, 0.6) is 0 Å². The van der Waals surface area contributed by atoms with Crippen molar-refractivity contribution in [3.63, 3.8) is 0 Å². The van der Waals surface area contributed by atoms with E-state index in [9.17, 15) is 9.59 Å². The first-order valence-electron chi connectivity index (χ1n) is 7.35. The first-order chi connectivity index (χ1) is 10.0. The van der Waals surface area contributed by atoms with Gasteiger partial charge in [0.15, 0.2) is 5.78 Å². The Kier molecular flexibility index (Phi) is 5.09. The summed E-state index contributed by atoms with van der Waals surface area (Å²) in [6.45, 7) is 5.48. The van der Waals surface area contributed by atoms with Gasteiger partial charge in [-0.15, -0.1) is 0 Å². The number of rotatable bonds is 5. The van der Waals surface area contributed by atoms with Crippen LogP contribution in [0.25, 0.3) is 0 Å². The highest BCUT2D eigenvalue weighted by molar-refractivity contribution is 6.04. The smallest absolute Gasteiger partial charge is 0.238 e. The Morgan fingerprint density at radius 2 is 2.10 bits per heavy atom. The van der Waals surface area contributed by atoms with Crippen molar-refractivity contribution in [2.45, 2.75) is 26.3 Å². The number of amides is 1. The van der Waals surface area contributed by atoms with E-state index in [0.717, 1.165) is 13.0 Å². The second kappa shape index (κ2) is 6.83. The molecule has 5 nitrogen and oxygen atoms in total. The number of hydrogen-bond donors (Lipinski definition) is 2. The van der Waals surface area contributed by atoms with Crippen molar-refractivity contribution in [1.29, 1.82) is 0 Å². The minimum absolute atomic E-state index is 0.0522. The normalized spacial score (nSPS) is 22.2. The van der Waals surface area contributed by atoms with Gasteiger partial charge in [0.25, 0.3) is 0 Å². The summed E-state index contributed by atoms with van der Waals surface area (Å²) in [5, 5.41) is 2.84. The first-order valence-corrected chi connectivity index (χ1v) is 7.35. The van der Waals surface area contributed by atoms with Gasteiger partial charge in [0.2, 0.25) is 5.91 Å². The van der Waals surface area contributed by atoms with Crippen LogP contribution in [0.3, 0.4) is 0 Å². The summed E-state index contributed by atoms with van der Waals surface area (Å²) in [5.74, 6) is 0.328. The van der Waals surface area contributed by atoms with Gasteiger partial charge in [-0.3, -0.25) is 14.5 Å². The summed E-state index contributed by atoms with van der Waals surface area (Å²) >= 11 is 0. The maximum Gasteiger partial charge on any atom is 0.238 e. The highest BCUT2D eigenvalue weighted by Crippen LogP contribution is 2.22. The average molecular weight is 289 g/mol. The molecule has 0 bridgehead atoms. The van der Waals surface area contributed by atoms with Gasteiger partial charge in [-0.25, -0.2) is 0 Å². The predicted octanol–water partition coefficient (Wildman–Crippen LogP) is 1.50. The molecule has 1 aliphatic rings. The summed E-state index contributed by atoms with van der Waals surface area (Å²) in [6.07, 6.45) is 1.04. The number of likely N-dealkylation sites (tertiary alicyclic amines) is 1. The van der Waals surface area contributed by atoms with Crippen LogP contribution in [0.15, 0.2) is 24.3 Å². The van der Waals surface area contributed by atoms with Crippen LogP contribution in [0.1, 0.15) is 30.6 Å². The molecule has 1 aromatic rings. The number of hydrogen-bond acceptors (Lipinski definition) is 4. The summed E-state index contributed by atoms with van der Waals surface area (Å²) < 4.78 is 0. The predicted molar refractivity (Wildman–Crippen MR) is 83.3 cm³/mol. The van der Waals surface area contributed by atoms with Crippen LogP contribution in [-0.2, 0) is 4.79 Å². The lowest BCUT2D eigenvalue weighted by Crippen LogP contribution is -2.36. The fraction of sp³-hybridized carbons (Fsp3) is 0.500. The molecule has 2 unspecified atom stereocenters. The molecule has 21 heavy (non-hydrogen) atoms. The molecule has 114 valence electrons. The highest BCUT2D eigenvalue weighted by atomic mass is 16.2. The van der Waals surface area contributed by atoms with E-state index >= 15 is 0 Å². The number of nitrogens with two attached hydrogens (primary N) is 1. The Bertz CT molecular complexity index is 530. The number of para-hydroxylation sites is 1. The third-order valence-corrected chi connectivity index (χ3v) is 4.05. The van der Waals surface area contributed by atoms with Crippen molar-refractivity contribution >= 4 is 17.4 Å². The molecular formula is C16H23N3O2. The second-order valence-electron chi connectivity index (χ2n) is 5.77. The van der Waals surface area contributed by atoms with Gasteiger partial charge in [0, 0.05) is 18.2 Å². The van der Waals surface area contributed by atoms with Crippen molar-refractivity contribution < 1.29 is 9.59 Å². The van der Waals surface area contributed by atoms with Gasteiger partial charge in [0.1, 0.15) is 0 Å². The minimum Gasteiger partial charge on any atom is -0.330 e. The molecule has 0 saturated carbocycles. The summed E-state index contributed by atoms with van der Waals surface area (Å²) in [7, 11) is 0. The average Bonchev–Trinajstić information content (AvgIpc) is 2.79. The molecule has 1 amide bonds. The molecule has 1 heterocycles. The van der Waals surface area contributed by atoms with Gasteiger partial charge in [0.05, 0.1) is 12.2 Å². The number of nitrogens with zero attached hydrogens (tertiary/aromatic N) is 1. The SMILES string of the molecule is CC(=O)c1ccccc1NC(=O)CN1CC(CN)CC1C. The quantitative estimate of drug-likeness (QED) is 0.805. The van der Waals surface area contributed by atoms with Crippen molar-refractivity contribution in [3.8, 4) is 0 Å². The van der Waals surface area contributed by atoms with E-state index < -0.39 is 0 Å². The first kappa shape index (κ1) is 15.7. The zero-order chi connectivity index (χ0) is 15.4. The molecule has 0 radical (unpaired) electrons. The van der Waals surface area contributed by atoms with Gasteiger partial charge < -0.3 is 11.1 Å². The van der Waals surface area contributed by atoms with Gasteiger partial charge in [-0.2, -0.15) is 0 Å². The number of benzene rings is 1. The summed E-state index contributed by atoms with van der Waals surface area (Å²) in [4.78, 5) is 25.9. The fourth-order valence-electron chi connectivity index (χ4n) is 2.88. The summed E-state index contributed by atoms with van der Waals surface area (Å²) in [6, 6.07) is 7.45. The monoisotopic (exact) mass is 289 g/mol. The van der Waals surface area contributed by atoms with Crippen LogP contribution in [0, 0.1) is 5.92 Å². The van der Waals surface area contributed by atoms with Gasteiger partial charge >= 0.3 is 0 Å². The molecule has 1 saturated heterocycles. The topological polar surface area (TPSA) is 75.4 Å². The van der Waals surface area contributed by atoms with E-state index in [1.165, 1.54) is 6.92 Å². The highest BCUT2D eigenvalue weighted by Gasteiger charge is 2.29. The number of Topliss-reactive ketones (excluding diaryl/α,β-unsaturated/α-hetero) is 1. The lowest BCUT2D eigenvalue weighted by molar-refractivity contribution is -0.117. The Labute approximate surface area is 125 Å². The number of carbonyl (C=O) groups is 2. The van der Waals surface area contributed by atoms with Crippen molar-refractivity contribution in [2.24, 2.45) is 11.7 Å². The van der Waals surface area contributed by atoms with Gasteiger partial charge in [-0.05, 0) is 44.9 Å². The Morgan fingerprint density at radius 1 is 1.38 bits per heavy atom. The van der Waals surface area contributed by atoms with E-state index in [4.69, 9.17) is 5.73 Å². The van der Waals surface area contributed by atoms with Gasteiger partial charge in [-0.1, -0.05) is 12.1 Å². The fourth-order valence-corrected chi connectivity index (χ4v) is 2.88. The van der Waals surface area contributed by atoms with Crippen LogP contribution < -0.4 is 11.1 Å². The summed E-state index contributed by atoms with van der Waals surface area (Å²) in [5.41, 5.74) is 6.82. The molecule has 0 spiro atoms. The van der Waals surface area contributed by atoms with Crippen molar-refractivity contribution in [3.05, 3.63) is 29.8 Å². The number of nitrogens with one attached hydrogen (secondary N) is 1. The van der Waals surface area contributed by atoms with Crippen LogP contribution >= 0.6 is 0 Å². The van der Waals surface area contributed by atoms with Crippen LogP contribution in [0.2, 0.25) is 0 Å². The Morgan fingerprint density at radius 3 is 2.71 bits per heavy atom. The van der Waals surface area contributed by atoms with Crippen LogP contribution in [-0.4, -0.2) is 42.3 Å². The third kappa shape index (κ3) is 3.89. The van der Waals surface area contributed by atoms with E-state index in [1.807, 2.05) is 6.07 Å². The minimum atomic E-state index is -0.0896.